The molecule has 2 aromatic rings. The predicted molar refractivity (Wildman–Crippen MR) is 99.7 cm³/mol. The largest absolute Gasteiger partial charge is 0.495 e. The number of ether oxygens (including phenoxy) is 1. The first kappa shape index (κ1) is 19.3. The standard InChI is InChI=1S/C19H22N2O5S/c1-25-17-10-9-16(13-18(17)27(23,24)21-11-5-6-12-21)19(22)20-26-14-15-7-3-2-4-8-15/h2-4,7-10,13H,5-6,11-12,14H2,1H3,(H,20,22). The van der Waals surface area contributed by atoms with Crippen LogP contribution in [0, 0.1) is 0 Å². The summed E-state index contributed by atoms with van der Waals surface area (Å²) in [5.74, 6) is -0.310. The maximum Gasteiger partial charge on any atom is 0.274 e. The van der Waals surface area contributed by atoms with Gasteiger partial charge in [0, 0.05) is 18.7 Å². The first-order valence-electron chi connectivity index (χ1n) is 8.66. The van der Waals surface area contributed by atoms with Crippen LogP contribution in [0.2, 0.25) is 0 Å². The van der Waals surface area contributed by atoms with E-state index in [-0.39, 0.29) is 22.8 Å². The third-order valence-electron chi connectivity index (χ3n) is 4.36. The molecule has 0 aliphatic carbocycles. The third kappa shape index (κ3) is 4.47. The van der Waals surface area contributed by atoms with Crippen molar-refractivity contribution in [1.82, 2.24) is 9.79 Å². The number of nitrogens with one attached hydrogen (secondary N) is 1. The summed E-state index contributed by atoms with van der Waals surface area (Å²) in [5.41, 5.74) is 3.43. The molecular formula is C19H22N2O5S. The first-order chi connectivity index (χ1) is 13.0. The van der Waals surface area contributed by atoms with E-state index in [1.54, 1.807) is 0 Å². The lowest BCUT2D eigenvalue weighted by molar-refractivity contribution is 0.0233. The Balaban J connectivity index is 1.75. The van der Waals surface area contributed by atoms with Crippen LogP contribution in [-0.2, 0) is 21.5 Å². The van der Waals surface area contributed by atoms with Gasteiger partial charge in [-0.2, -0.15) is 4.31 Å². The van der Waals surface area contributed by atoms with Gasteiger partial charge in [-0.05, 0) is 36.6 Å². The zero-order valence-electron chi connectivity index (χ0n) is 15.1. The van der Waals surface area contributed by atoms with Gasteiger partial charge in [0.2, 0.25) is 10.0 Å². The molecule has 0 unspecified atom stereocenters. The number of hydrogen-bond donors (Lipinski definition) is 1. The lowest BCUT2D eigenvalue weighted by atomic mass is 10.2. The molecule has 1 fully saturated rings. The number of hydroxylamine groups is 1. The van der Waals surface area contributed by atoms with E-state index in [0.29, 0.717) is 13.1 Å². The normalized spacial score (nSPS) is 14.9. The first-order valence-corrected chi connectivity index (χ1v) is 10.1. The van der Waals surface area contributed by atoms with E-state index in [1.165, 1.54) is 29.6 Å². The van der Waals surface area contributed by atoms with Crippen LogP contribution < -0.4 is 10.2 Å². The molecule has 1 amide bonds. The SMILES string of the molecule is COc1ccc(C(=O)NOCc2ccccc2)cc1S(=O)(=O)N1CCCC1. The van der Waals surface area contributed by atoms with Gasteiger partial charge in [0.15, 0.2) is 0 Å². The van der Waals surface area contributed by atoms with Gasteiger partial charge in [0.25, 0.3) is 5.91 Å². The highest BCUT2D eigenvalue weighted by Crippen LogP contribution is 2.29. The van der Waals surface area contributed by atoms with Crippen molar-refractivity contribution < 1.29 is 22.8 Å². The van der Waals surface area contributed by atoms with Crippen LogP contribution in [0.4, 0.5) is 0 Å². The summed E-state index contributed by atoms with van der Waals surface area (Å²) in [7, 11) is -2.31. The Labute approximate surface area is 158 Å². The van der Waals surface area contributed by atoms with Gasteiger partial charge >= 0.3 is 0 Å². The molecular weight excluding hydrogens is 368 g/mol. The Bertz CT molecular complexity index is 894. The molecule has 0 saturated carbocycles. The van der Waals surface area contributed by atoms with E-state index in [1.807, 2.05) is 30.3 Å². The molecule has 1 aliphatic rings. The zero-order chi connectivity index (χ0) is 19.3. The van der Waals surface area contributed by atoms with Crippen molar-refractivity contribution in [3.63, 3.8) is 0 Å². The number of amides is 1. The highest BCUT2D eigenvalue weighted by molar-refractivity contribution is 7.89. The minimum atomic E-state index is -3.71. The average molecular weight is 390 g/mol. The second-order valence-corrected chi connectivity index (χ2v) is 8.09. The van der Waals surface area contributed by atoms with Crippen molar-refractivity contribution in [3.8, 4) is 5.75 Å². The summed E-state index contributed by atoms with van der Waals surface area (Å²) in [4.78, 5) is 17.6. The van der Waals surface area contributed by atoms with Crippen LogP contribution >= 0.6 is 0 Å². The number of rotatable bonds is 7. The summed E-state index contributed by atoms with van der Waals surface area (Å²) in [6.45, 7) is 1.16. The molecule has 1 aliphatic heterocycles. The van der Waals surface area contributed by atoms with Crippen LogP contribution in [-0.4, -0.2) is 38.8 Å². The van der Waals surface area contributed by atoms with E-state index in [9.17, 15) is 13.2 Å². The fraction of sp³-hybridized carbons (Fsp3) is 0.316. The zero-order valence-corrected chi connectivity index (χ0v) is 15.9. The van der Waals surface area contributed by atoms with Crippen molar-refractivity contribution in [3.05, 3.63) is 59.7 Å². The maximum atomic E-state index is 12.9. The van der Waals surface area contributed by atoms with Gasteiger partial charge in [-0.1, -0.05) is 30.3 Å². The van der Waals surface area contributed by atoms with Crippen molar-refractivity contribution in [2.75, 3.05) is 20.2 Å². The summed E-state index contributed by atoms with van der Waals surface area (Å²) in [5, 5.41) is 0. The number of sulfonamides is 1. The molecule has 8 heteroatoms. The second-order valence-electron chi connectivity index (χ2n) is 6.18. The molecule has 0 bridgehead atoms. The molecule has 1 N–H and O–H groups in total. The van der Waals surface area contributed by atoms with Gasteiger partial charge in [-0.25, -0.2) is 13.9 Å². The summed E-state index contributed by atoms with van der Waals surface area (Å²) in [6.07, 6.45) is 1.66. The Kier molecular flexibility index (Phi) is 6.10. The number of carbonyl (C=O) groups is 1. The molecule has 1 saturated heterocycles. The summed E-state index contributed by atoms with van der Waals surface area (Å²) in [6, 6.07) is 13.7. The molecule has 0 atom stereocenters. The molecule has 2 aromatic carbocycles. The smallest absolute Gasteiger partial charge is 0.274 e. The van der Waals surface area contributed by atoms with Crippen LogP contribution in [0.3, 0.4) is 0 Å². The van der Waals surface area contributed by atoms with Gasteiger partial charge in [-0.3, -0.25) is 9.63 Å². The van der Waals surface area contributed by atoms with Crippen molar-refractivity contribution in [1.29, 1.82) is 0 Å². The van der Waals surface area contributed by atoms with E-state index in [0.717, 1.165) is 18.4 Å². The lowest BCUT2D eigenvalue weighted by Crippen LogP contribution is -2.29. The van der Waals surface area contributed by atoms with Crippen LogP contribution in [0.5, 0.6) is 5.75 Å². The topological polar surface area (TPSA) is 84.9 Å². The molecule has 7 nitrogen and oxygen atoms in total. The van der Waals surface area contributed by atoms with Crippen LogP contribution in [0.1, 0.15) is 28.8 Å². The minimum absolute atomic E-state index is 0.0115. The van der Waals surface area contributed by atoms with E-state index in [4.69, 9.17) is 9.57 Å². The van der Waals surface area contributed by atoms with Gasteiger partial charge in [0.05, 0.1) is 13.7 Å². The van der Waals surface area contributed by atoms with E-state index in [2.05, 4.69) is 5.48 Å². The predicted octanol–water partition coefficient (Wildman–Crippen LogP) is 2.34. The Morgan fingerprint density at radius 3 is 2.48 bits per heavy atom. The summed E-state index contributed by atoms with van der Waals surface area (Å²) < 4.78 is 32.4. The van der Waals surface area contributed by atoms with Crippen LogP contribution in [0.25, 0.3) is 0 Å². The van der Waals surface area contributed by atoms with Gasteiger partial charge in [-0.15, -0.1) is 0 Å². The molecule has 27 heavy (non-hydrogen) atoms. The molecule has 1 heterocycles. The molecule has 0 aromatic heterocycles. The third-order valence-corrected chi connectivity index (χ3v) is 6.28. The number of carbonyl (C=O) groups excluding carboxylic acids is 1. The van der Waals surface area contributed by atoms with Crippen molar-refractivity contribution >= 4 is 15.9 Å². The van der Waals surface area contributed by atoms with Gasteiger partial charge in [0.1, 0.15) is 10.6 Å². The monoisotopic (exact) mass is 390 g/mol. The number of benzene rings is 2. The maximum absolute atomic E-state index is 12.9. The molecule has 3 rings (SSSR count). The van der Waals surface area contributed by atoms with E-state index < -0.39 is 15.9 Å². The van der Waals surface area contributed by atoms with Crippen molar-refractivity contribution in [2.24, 2.45) is 0 Å². The van der Waals surface area contributed by atoms with Gasteiger partial charge < -0.3 is 4.74 Å². The number of nitrogens with zero attached hydrogens (tertiary/aromatic N) is 1. The average Bonchev–Trinajstić information content (AvgIpc) is 3.24. The van der Waals surface area contributed by atoms with Crippen LogP contribution in [0.15, 0.2) is 53.4 Å². The Morgan fingerprint density at radius 1 is 1.11 bits per heavy atom. The minimum Gasteiger partial charge on any atom is -0.495 e. The summed E-state index contributed by atoms with van der Waals surface area (Å²) >= 11 is 0. The number of methoxy groups -OCH3 is 1. The highest BCUT2D eigenvalue weighted by atomic mass is 32.2. The molecule has 0 radical (unpaired) electrons. The second kappa shape index (κ2) is 8.51. The van der Waals surface area contributed by atoms with Crippen molar-refractivity contribution in [2.45, 2.75) is 24.3 Å². The van der Waals surface area contributed by atoms with E-state index >= 15 is 0 Å². The lowest BCUT2D eigenvalue weighted by Gasteiger charge is -2.18. The highest BCUT2D eigenvalue weighted by Gasteiger charge is 2.30. The fourth-order valence-corrected chi connectivity index (χ4v) is 4.60. The Morgan fingerprint density at radius 2 is 1.81 bits per heavy atom. The Hall–Kier alpha value is -2.42. The quantitative estimate of drug-likeness (QED) is 0.734. The fourth-order valence-electron chi connectivity index (χ4n) is 2.91. The molecule has 0 spiro atoms. The number of hydrogen-bond acceptors (Lipinski definition) is 5. The molecule has 144 valence electrons.